The molecular weight excluding hydrogens is 400 g/mol. The van der Waals surface area contributed by atoms with Crippen LogP contribution in [0.1, 0.15) is 19.3 Å². The number of aliphatic imine (C=N–C) groups is 1. The van der Waals surface area contributed by atoms with E-state index in [0.29, 0.717) is 15.9 Å². The Bertz CT molecular complexity index is 871. The second-order valence-electron chi connectivity index (χ2n) is 6.16. The molecule has 2 atom stereocenters. The summed E-state index contributed by atoms with van der Waals surface area (Å²) in [4.78, 5) is 28.5. The molecule has 10 heteroatoms. The predicted molar refractivity (Wildman–Crippen MR) is 102 cm³/mol. The Morgan fingerprint density at radius 3 is 2.69 bits per heavy atom. The van der Waals surface area contributed by atoms with Gasteiger partial charge in [-0.2, -0.15) is 4.99 Å². The van der Waals surface area contributed by atoms with E-state index in [1.54, 1.807) is 29.2 Å². The van der Waals surface area contributed by atoms with Crippen LogP contribution in [0.3, 0.4) is 0 Å². The highest BCUT2D eigenvalue weighted by Crippen LogP contribution is 2.42. The van der Waals surface area contributed by atoms with Gasteiger partial charge >= 0.3 is 5.97 Å². The second kappa shape index (κ2) is 7.58. The number of thioether (sulfide) groups is 1. The van der Waals surface area contributed by atoms with Gasteiger partial charge in [0.1, 0.15) is 0 Å². The topological polar surface area (TPSA) is 104 Å². The Labute approximate surface area is 160 Å². The average molecular weight is 417 g/mol. The number of hydrogen-bond donors (Lipinski definition) is 1. The first-order chi connectivity index (χ1) is 12.3. The first-order valence-electron chi connectivity index (χ1n) is 8.01. The first-order valence-corrected chi connectivity index (χ1v) is 11.1. The van der Waals surface area contributed by atoms with Crippen molar-refractivity contribution in [2.24, 2.45) is 4.99 Å². The summed E-state index contributed by atoms with van der Waals surface area (Å²) in [5.41, 5.74) is 0.614. The van der Waals surface area contributed by atoms with Crippen molar-refractivity contribution in [3.63, 3.8) is 0 Å². The fourth-order valence-electron chi connectivity index (χ4n) is 3.05. The van der Waals surface area contributed by atoms with Crippen molar-refractivity contribution >= 4 is 55.9 Å². The minimum absolute atomic E-state index is 0.0118. The number of rotatable bonds is 5. The predicted octanol–water partition coefficient (Wildman–Crippen LogP) is 2.20. The van der Waals surface area contributed by atoms with E-state index in [9.17, 15) is 18.0 Å². The van der Waals surface area contributed by atoms with E-state index in [1.165, 1.54) is 11.8 Å². The molecule has 0 bridgehead atoms. The van der Waals surface area contributed by atoms with Crippen LogP contribution in [0.2, 0.25) is 5.02 Å². The minimum atomic E-state index is -3.15. The fourth-order valence-corrected chi connectivity index (χ4v) is 7.20. The summed E-state index contributed by atoms with van der Waals surface area (Å²) in [6.07, 6.45) is 0.144. The molecule has 0 saturated carbocycles. The number of para-hydroxylation sites is 1. The Morgan fingerprint density at radius 2 is 2.00 bits per heavy atom. The molecule has 7 nitrogen and oxygen atoms in total. The van der Waals surface area contributed by atoms with Crippen LogP contribution < -0.4 is 4.90 Å². The van der Waals surface area contributed by atoms with E-state index in [2.05, 4.69) is 4.99 Å². The van der Waals surface area contributed by atoms with Crippen molar-refractivity contribution in [3.05, 3.63) is 29.3 Å². The zero-order valence-corrected chi connectivity index (χ0v) is 16.1. The number of carboxylic acid groups (broad SMARTS) is 1. The standard InChI is InChI=1S/C16H17ClN2O5S2/c17-10-4-1-2-5-11(10)19-12-8-26(23,24)9-13(12)25-16(19)18-14(20)6-3-7-15(21)22/h1-2,4-5,12-13H,3,6-9H2,(H,21,22)/t12-,13+/m1/s1. The lowest BCUT2D eigenvalue weighted by Gasteiger charge is -2.25. The third kappa shape index (κ3) is 4.21. The molecule has 2 saturated heterocycles. The maximum Gasteiger partial charge on any atom is 0.303 e. The number of fused-ring (bicyclic) bond motifs is 1. The quantitative estimate of drug-likeness (QED) is 0.784. The van der Waals surface area contributed by atoms with Crippen LogP contribution in [-0.2, 0) is 19.4 Å². The number of carbonyl (C=O) groups excluding carboxylic acids is 1. The summed E-state index contributed by atoms with van der Waals surface area (Å²) < 4.78 is 24.0. The van der Waals surface area contributed by atoms with E-state index in [-0.39, 0.29) is 42.1 Å². The molecule has 0 aliphatic carbocycles. The zero-order chi connectivity index (χ0) is 18.9. The van der Waals surface area contributed by atoms with Crippen molar-refractivity contribution in [3.8, 4) is 0 Å². The van der Waals surface area contributed by atoms with E-state index in [0.717, 1.165) is 0 Å². The maximum absolute atomic E-state index is 12.1. The summed E-state index contributed by atoms with van der Waals surface area (Å²) in [6.45, 7) is 0. The number of sulfone groups is 1. The van der Waals surface area contributed by atoms with Gasteiger partial charge in [-0.1, -0.05) is 35.5 Å². The molecule has 0 unspecified atom stereocenters. The molecule has 1 amide bonds. The van der Waals surface area contributed by atoms with Crippen LogP contribution >= 0.6 is 23.4 Å². The molecule has 0 spiro atoms. The number of carbonyl (C=O) groups is 2. The summed E-state index contributed by atoms with van der Waals surface area (Å²) in [7, 11) is -3.15. The lowest BCUT2D eigenvalue weighted by molar-refractivity contribution is -0.137. The minimum Gasteiger partial charge on any atom is -0.481 e. The normalized spacial score (nSPS) is 25.4. The molecule has 140 valence electrons. The third-order valence-corrected chi connectivity index (χ3v) is 7.71. The average Bonchev–Trinajstić information content (AvgIpc) is 2.98. The number of anilines is 1. The monoisotopic (exact) mass is 416 g/mol. The second-order valence-corrected chi connectivity index (χ2v) is 9.92. The molecule has 1 aromatic carbocycles. The first kappa shape index (κ1) is 19.2. The highest BCUT2D eigenvalue weighted by Gasteiger charge is 2.49. The lowest BCUT2D eigenvalue weighted by atomic mass is 10.2. The van der Waals surface area contributed by atoms with Gasteiger partial charge in [0.15, 0.2) is 15.0 Å². The summed E-state index contributed by atoms with van der Waals surface area (Å²) >= 11 is 7.54. The fraction of sp³-hybridized carbons (Fsp3) is 0.438. The Kier molecular flexibility index (Phi) is 5.59. The molecule has 2 heterocycles. The van der Waals surface area contributed by atoms with Gasteiger partial charge in [0, 0.05) is 18.1 Å². The van der Waals surface area contributed by atoms with Crippen molar-refractivity contribution in [2.45, 2.75) is 30.6 Å². The van der Waals surface area contributed by atoms with Gasteiger partial charge < -0.3 is 10.0 Å². The molecule has 2 fully saturated rings. The van der Waals surface area contributed by atoms with Gasteiger partial charge in [0.2, 0.25) is 5.91 Å². The SMILES string of the molecule is O=C(O)CCCC(=O)N=C1S[C@H]2CS(=O)(=O)C[C@H]2N1c1ccccc1Cl. The highest BCUT2D eigenvalue weighted by atomic mass is 35.5. The van der Waals surface area contributed by atoms with E-state index in [1.807, 2.05) is 0 Å². The van der Waals surface area contributed by atoms with Crippen molar-refractivity contribution in [1.29, 1.82) is 0 Å². The summed E-state index contributed by atoms with van der Waals surface area (Å²) in [6, 6.07) is 6.70. The Hall–Kier alpha value is -1.58. The van der Waals surface area contributed by atoms with Gasteiger partial charge in [0.25, 0.3) is 0 Å². The molecule has 0 radical (unpaired) electrons. The van der Waals surface area contributed by atoms with Gasteiger partial charge in [-0.05, 0) is 18.6 Å². The van der Waals surface area contributed by atoms with Crippen LogP contribution in [0.5, 0.6) is 0 Å². The molecule has 2 aliphatic heterocycles. The number of nitrogens with zero attached hydrogens (tertiary/aromatic N) is 2. The molecule has 1 aromatic rings. The highest BCUT2D eigenvalue weighted by molar-refractivity contribution is 8.16. The summed E-state index contributed by atoms with van der Waals surface area (Å²) in [5.74, 6) is -1.36. The molecule has 2 aliphatic rings. The van der Waals surface area contributed by atoms with Crippen LogP contribution in [-0.4, -0.2) is 53.4 Å². The molecule has 26 heavy (non-hydrogen) atoms. The molecule has 0 aromatic heterocycles. The Balaban J connectivity index is 1.87. The van der Waals surface area contributed by atoms with Crippen LogP contribution in [0, 0.1) is 0 Å². The zero-order valence-electron chi connectivity index (χ0n) is 13.7. The van der Waals surface area contributed by atoms with Crippen molar-refractivity contribution in [2.75, 3.05) is 16.4 Å². The van der Waals surface area contributed by atoms with Gasteiger partial charge in [-0.25, -0.2) is 8.42 Å². The number of hydrogen-bond acceptors (Lipinski definition) is 5. The number of aliphatic carboxylic acids is 1. The largest absolute Gasteiger partial charge is 0.481 e. The number of amidine groups is 1. The van der Waals surface area contributed by atoms with Crippen molar-refractivity contribution < 1.29 is 23.1 Å². The van der Waals surface area contributed by atoms with Crippen LogP contribution in [0.4, 0.5) is 5.69 Å². The lowest BCUT2D eigenvalue weighted by Crippen LogP contribution is -2.37. The van der Waals surface area contributed by atoms with Gasteiger partial charge in [-0.3, -0.25) is 9.59 Å². The van der Waals surface area contributed by atoms with Crippen LogP contribution in [0.25, 0.3) is 0 Å². The number of carboxylic acids is 1. The van der Waals surface area contributed by atoms with E-state index >= 15 is 0 Å². The molecule has 1 N–H and O–H groups in total. The van der Waals surface area contributed by atoms with Gasteiger partial charge in [0.05, 0.1) is 28.3 Å². The molecular formula is C16H17ClN2O5S2. The van der Waals surface area contributed by atoms with E-state index in [4.69, 9.17) is 16.7 Å². The number of benzene rings is 1. The summed E-state index contributed by atoms with van der Waals surface area (Å²) in [5, 5.41) is 9.32. The van der Waals surface area contributed by atoms with Crippen molar-refractivity contribution in [1.82, 2.24) is 0 Å². The number of amides is 1. The smallest absolute Gasteiger partial charge is 0.303 e. The maximum atomic E-state index is 12.1. The van der Waals surface area contributed by atoms with Gasteiger partial charge in [-0.15, -0.1) is 0 Å². The molecule has 3 rings (SSSR count). The van der Waals surface area contributed by atoms with Crippen LogP contribution in [0.15, 0.2) is 29.3 Å². The Morgan fingerprint density at radius 1 is 1.27 bits per heavy atom. The number of halogens is 1. The van der Waals surface area contributed by atoms with E-state index < -0.39 is 21.7 Å². The third-order valence-electron chi connectivity index (χ3n) is 4.18.